The smallest absolute Gasteiger partial charge is 0.0704 e. The van der Waals surface area contributed by atoms with Crippen molar-refractivity contribution in [3.05, 3.63) is 72.1 Å². The summed E-state index contributed by atoms with van der Waals surface area (Å²) in [7, 11) is 0. The predicted octanol–water partition coefficient (Wildman–Crippen LogP) is 5.45. The maximum absolute atomic E-state index is 4.66. The predicted molar refractivity (Wildman–Crippen MR) is 96.1 cm³/mol. The highest BCUT2D eigenvalue weighted by Crippen LogP contribution is 2.23. The summed E-state index contributed by atoms with van der Waals surface area (Å²) < 4.78 is 1.95. The first-order chi connectivity index (χ1) is 10.6. The number of benzene rings is 1. The lowest BCUT2D eigenvalue weighted by Gasteiger charge is -2.07. The van der Waals surface area contributed by atoms with E-state index in [-0.39, 0.29) is 0 Å². The highest BCUT2D eigenvalue weighted by Gasteiger charge is 2.10. The number of aryl methyl sites for hydroxylation is 1. The van der Waals surface area contributed by atoms with Crippen molar-refractivity contribution in [1.82, 2.24) is 9.78 Å². The van der Waals surface area contributed by atoms with Crippen LogP contribution >= 0.6 is 0 Å². The summed E-state index contributed by atoms with van der Waals surface area (Å²) in [5.41, 5.74) is 6.58. The molecule has 0 spiro atoms. The Labute approximate surface area is 133 Å². The van der Waals surface area contributed by atoms with Gasteiger partial charge in [-0.25, -0.2) is 4.68 Å². The molecule has 22 heavy (non-hydrogen) atoms. The molecule has 1 heterocycles. The number of fused-ring (bicyclic) bond motifs is 1. The summed E-state index contributed by atoms with van der Waals surface area (Å²) in [6, 6.07) is 8.29. The van der Waals surface area contributed by atoms with E-state index in [0.29, 0.717) is 0 Å². The number of allylic oxidation sites excluding steroid dienone is 3. The largest absolute Gasteiger partial charge is 0.240 e. The van der Waals surface area contributed by atoms with Gasteiger partial charge in [0.05, 0.1) is 11.4 Å². The first kappa shape index (κ1) is 16.0. The van der Waals surface area contributed by atoms with Crippen molar-refractivity contribution in [2.75, 3.05) is 0 Å². The molecule has 0 N–H and O–H groups in total. The topological polar surface area (TPSA) is 17.8 Å². The van der Waals surface area contributed by atoms with Crippen LogP contribution in [-0.4, -0.2) is 9.78 Å². The molecule has 1 aliphatic rings. The Morgan fingerprint density at radius 3 is 2.41 bits per heavy atom. The van der Waals surface area contributed by atoms with Gasteiger partial charge in [0.15, 0.2) is 0 Å². The van der Waals surface area contributed by atoms with Gasteiger partial charge in [-0.3, -0.25) is 0 Å². The van der Waals surface area contributed by atoms with Crippen LogP contribution < -0.4 is 0 Å². The van der Waals surface area contributed by atoms with Crippen molar-refractivity contribution < 1.29 is 0 Å². The second-order valence-electron chi connectivity index (χ2n) is 5.22. The minimum Gasteiger partial charge on any atom is -0.240 e. The van der Waals surface area contributed by atoms with Crippen LogP contribution in [0.1, 0.15) is 44.0 Å². The van der Waals surface area contributed by atoms with Gasteiger partial charge in [0, 0.05) is 11.8 Å². The van der Waals surface area contributed by atoms with Crippen molar-refractivity contribution in [2.45, 2.75) is 33.6 Å². The Bertz CT molecular complexity index is 700. The maximum Gasteiger partial charge on any atom is 0.0704 e. The fraction of sp³-hybridized carbons (Fsp3) is 0.250. The van der Waals surface area contributed by atoms with Gasteiger partial charge < -0.3 is 0 Å². The fourth-order valence-electron chi connectivity index (χ4n) is 2.38. The molecule has 2 aromatic rings. The van der Waals surface area contributed by atoms with E-state index in [4.69, 9.17) is 0 Å². The van der Waals surface area contributed by atoms with Crippen molar-refractivity contribution >= 4 is 11.6 Å². The summed E-state index contributed by atoms with van der Waals surface area (Å²) in [5, 5.41) is 4.66. The molecule has 1 aromatic carbocycles. The average Bonchev–Trinajstić information content (AvgIpc) is 3.00. The van der Waals surface area contributed by atoms with Crippen LogP contribution in [0.3, 0.4) is 0 Å². The molecular weight excluding hydrogens is 268 g/mol. The fourth-order valence-corrected chi connectivity index (χ4v) is 2.38. The SMILES string of the molecule is C=C(C)C(=C)c1ccc(-n2cc3c(n2)CCC=C3)cc1.CC. The maximum atomic E-state index is 4.66. The molecule has 2 nitrogen and oxygen atoms in total. The van der Waals surface area contributed by atoms with Crippen molar-refractivity contribution in [2.24, 2.45) is 0 Å². The first-order valence-electron chi connectivity index (χ1n) is 7.86. The van der Waals surface area contributed by atoms with Gasteiger partial charge >= 0.3 is 0 Å². The van der Waals surface area contributed by atoms with Gasteiger partial charge in [0.25, 0.3) is 0 Å². The molecule has 2 heteroatoms. The molecule has 1 aliphatic carbocycles. The molecule has 0 aliphatic heterocycles. The first-order valence-corrected chi connectivity index (χ1v) is 7.86. The van der Waals surface area contributed by atoms with Gasteiger partial charge in [-0.05, 0) is 43.0 Å². The zero-order chi connectivity index (χ0) is 16.1. The second-order valence-corrected chi connectivity index (χ2v) is 5.22. The van der Waals surface area contributed by atoms with Gasteiger partial charge in [0.1, 0.15) is 0 Å². The summed E-state index contributed by atoms with van der Waals surface area (Å²) in [4.78, 5) is 0. The summed E-state index contributed by atoms with van der Waals surface area (Å²) in [5.74, 6) is 0. The van der Waals surface area contributed by atoms with E-state index in [1.807, 2.05) is 25.5 Å². The molecule has 0 unspecified atom stereocenters. The van der Waals surface area contributed by atoms with Crippen LogP contribution in [0.4, 0.5) is 0 Å². The van der Waals surface area contributed by atoms with Crippen LogP contribution in [-0.2, 0) is 6.42 Å². The molecular formula is C20H24N2. The third kappa shape index (κ3) is 3.28. The molecule has 0 bridgehead atoms. The Hall–Kier alpha value is -2.35. The number of hydrogen-bond donors (Lipinski definition) is 0. The van der Waals surface area contributed by atoms with E-state index in [0.717, 1.165) is 35.2 Å². The van der Waals surface area contributed by atoms with Crippen LogP contribution in [0.25, 0.3) is 17.3 Å². The van der Waals surface area contributed by atoms with Crippen molar-refractivity contribution in [1.29, 1.82) is 0 Å². The highest BCUT2D eigenvalue weighted by atomic mass is 15.3. The van der Waals surface area contributed by atoms with Gasteiger partial charge in [-0.2, -0.15) is 5.10 Å². The van der Waals surface area contributed by atoms with E-state index in [1.54, 1.807) is 0 Å². The molecule has 0 fully saturated rings. The Kier molecular flexibility index (Phi) is 5.16. The monoisotopic (exact) mass is 292 g/mol. The lowest BCUT2D eigenvalue weighted by Crippen LogP contribution is -1.97. The lowest BCUT2D eigenvalue weighted by molar-refractivity contribution is 0.823. The second kappa shape index (κ2) is 7.08. The molecule has 0 atom stereocenters. The lowest BCUT2D eigenvalue weighted by atomic mass is 10.0. The number of hydrogen-bond acceptors (Lipinski definition) is 1. The van der Waals surface area contributed by atoms with Crippen LogP contribution in [0, 0.1) is 0 Å². The molecule has 0 saturated carbocycles. The normalized spacial score (nSPS) is 12.1. The zero-order valence-corrected chi connectivity index (χ0v) is 13.8. The minimum absolute atomic E-state index is 0.985. The molecule has 3 rings (SSSR count). The van der Waals surface area contributed by atoms with Crippen LogP contribution in [0.2, 0.25) is 0 Å². The highest BCUT2D eigenvalue weighted by molar-refractivity contribution is 5.76. The van der Waals surface area contributed by atoms with Gasteiger partial charge in [-0.15, -0.1) is 0 Å². The molecule has 1 aromatic heterocycles. The van der Waals surface area contributed by atoms with E-state index < -0.39 is 0 Å². The number of rotatable bonds is 3. The third-order valence-corrected chi connectivity index (χ3v) is 3.66. The van der Waals surface area contributed by atoms with E-state index in [2.05, 4.69) is 60.9 Å². The Morgan fingerprint density at radius 2 is 1.82 bits per heavy atom. The van der Waals surface area contributed by atoms with Crippen molar-refractivity contribution in [3.8, 4) is 5.69 Å². The minimum atomic E-state index is 0.985. The summed E-state index contributed by atoms with van der Waals surface area (Å²) >= 11 is 0. The standard InChI is InChI=1S/C18H18N2.C2H6/c1-13(2)14(3)15-8-10-17(11-9-15)20-12-16-6-4-5-7-18(16)19-20;1-2/h4,6,8-12H,1,3,5,7H2,2H3;1-2H3. The quantitative estimate of drug-likeness (QED) is 0.688. The molecule has 0 saturated heterocycles. The average molecular weight is 292 g/mol. The summed E-state index contributed by atoms with van der Waals surface area (Å²) in [6.45, 7) is 14.0. The number of aromatic nitrogens is 2. The van der Waals surface area contributed by atoms with E-state index in [1.165, 1.54) is 11.3 Å². The van der Waals surface area contributed by atoms with Gasteiger partial charge in [-0.1, -0.05) is 56.9 Å². The van der Waals surface area contributed by atoms with Crippen LogP contribution in [0.15, 0.2) is 55.3 Å². The van der Waals surface area contributed by atoms with Crippen LogP contribution in [0.5, 0.6) is 0 Å². The van der Waals surface area contributed by atoms with E-state index >= 15 is 0 Å². The van der Waals surface area contributed by atoms with Crippen molar-refractivity contribution in [3.63, 3.8) is 0 Å². The summed E-state index contributed by atoms with van der Waals surface area (Å²) in [6.07, 6.45) is 8.56. The number of nitrogens with zero attached hydrogens (tertiary/aromatic N) is 2. The molecule has 0 radical (unpaired) electrons. The Morgan fingerprint density at radius 1 is 1.14 bits per heavy atom. The molecule has 0 amide bonds. The third-order valence-electron chi connectivity index (χ3n) is 3.66. The van der Waals surface area contributed by atoms with Gasteiger partial charge in [0.2, 0.25) is 0 Å². The molecule has 114 valence electrons. The zero-order valence-electron chi connectivity index (χ0n) is 13.8. The Balaban J connectivity index is 0.000000847. The van der Waals surface area contributed by atoms with E-state index in [9.17, 15) is 0 Å².